The molecule has 0 radical (unpaired) electrons. The van der Waals surface area contributed by atoms with Gasteiger partial charge in [0.1, 0.15) is 17.2 Å². The molecule has 0 spiro atoms. The Labute approximate surface area is 242 Å². The number of hydrogen-bond donors (Lipinski definition) is 1. The Hall–Kier alpha value is -3.31. The lowest BCUT2D eigenvalue weighted by Gasteiger charge is -2.66. The Kier molecular flexibility index (Phi) is 5.10. The summed E-state index contributed by atoms with van der Waals surface area (Å²) in [5.41, 5.74) is 3.97. The van der Waals surface area contributed by atoms with Crippen molar-refractivity contribution in [3.8, 4) is 17.2 Å². The van der Waals surface area contributed by atoms with Crippen molar-refractivity contribution in [2.75, 3.05) is 19.6 Å². The second kappa shape index (κ2) is 8.61. The van der Waals surface area contributed by atoms with Crippen LogP contribution < -0.4 is 4.74 Å². The maximum absolute atomic E-state index is 14.1. The molecule has 5 fully saturated rings. The zero-order valence-corrected chi connectivity index (χ0v) is 23.5. The van der Waals surface area contributed by atoms with E-state index in [4.69, 9.17) is 4.74 Å². The summed E-state index contributed by atoms with van der Waals surface area (Å²) in [7, 11) is 0. The molecule has 210 valence electrons. The fourth-order valence-electron chi connectivity index (χ4n) is 10.6. The monoisotopic (exact) mass is 546 g/mol. The molecule has 4 bridgehead atoms. The van der Waals surface area contributed by atoms with Crippen LogP contribution in [-0.2, 0) is 11.8 Å². The number of piperidine rings is 1. The SMILES string of the molecule is O=C(c1ccc(Oc2ccccc2)cc1)N1C[C@H]2CC34CCC1C2C31CCN(CC2CC2)C4Cc2ccc(O)cc21. The number of fused-ring (bicyclic) bond motifs is 1. The van der Waals surface area contributed by atoms with Gasteiger partial charge in [0.15, 0.2) is 0 Å². The van der Waals surface area contributed by atoms with Gasteiger partial charge in [-0.05, 0) is 134 Å². The Morgan fingerprint density at radius 1 is 0.951 bits per heavy atom. The predicted octanol–water partition coefficient (Wildman–Crippen LogP) is 6.40. The molecule has 2 aliphatic heterocycles. The summed E-state index contributed by atoms with van der Waals surface area (Å²) in [6.07, 6.45) is 8.60. The Balaban J connectivity index is 1.05. The van der Waals surface area contributed by atoms with Crippen LogP contribution in [0.4, 0.5) is 0 Å². The molecule has 3 saturated carbocycles. The Morgan fingerprint density at radius 3 is 2.56 bits per heavy atom. The lowest BCUT2D eigenvalue weighted by molar-refractivity contribution is -0.102. The highest BCUT2D eigenvalue weighted by atomic mass is 16.5. The Bertz CT molecular complexity index is 1520. The average Bonchev–Trinajstić information content (AvgIpc) is 3.68. The van der Waals surface area contributed by atoms with Crippen LogP contribution in [0.2, 0.25) is 0 Å². The quantitative estimate of drug-likeness (QED) is 0.402. The first kappa shape index (κ1) is 24.3. The van der Waals surface area contributed by atoms with Gasteiger partial charge in [-0.1, -0.05) is 24.3 Å². The first-order valence-electron chi connectivity index (χ1n) is 15.8. The van der Waals surface area contributed by atoms with Crippen molar-refractivity contribution in [1.82, 2.24) is 9.80 Å². The van der Waals surface area contributed by atoms with Gasteiger partial charge in [0, 0.05) is 36.2 Å². The van der Waals surface area contributed by atoms with Crippen LogP contribution in [0, 0.1) is 23.2 Å². The molecule has 4 aliphatic carbocycles. The number of rotatable bonds is 5. The van der Waals surface area contributed by atoms with Gasteiger partial charge in [0.25, 0.3) is 5.91 Å². The lowest BCUT2D eigenvalue weighted by atomic mass is 9.43. The molecule has 2 heterocycles. The first-order chi connectivity index (χ1) is 20.1. The predicted molar refractivity (Wildman–Crippen MR) is 157 cm³/mol. The largest absolute Gasteiger partial charge is 0.508 e. The number of likely N-dealkylation sites (tertiary alicyclic amines) is 2. The maximum atomic E-state index is 14.1. The summed E-state index contributed by atoms with van der Waals surface area (Å²) in [6.45, 7) is 3.29. The molecule has 6 aliphatic rings. The zero-order chi connectivity index (χ0) is 27.3. The number of aromatic hydroxyl groups is 1. The third-order valence-corrected chi connectivity index (χ3v) is 12.1. The minimum absolute atomic E-state index is 0.0695. The van der Waals surface area contributed by atoms with Crippen molar-refractivity contribution in [2.24, 2.45) is 23.2 Å². The van der Waals surface area contributed by atoms with E-state index in [0.717, 1.165) is 55.3 Å². The summed E-state index contributed by atoms with van der Waals surface area (Å²) in [6, 6.07) is 24.6. The van der Waals surface area contributed by atoms with E-state index in [2.05, 4.69) is 21.9 Å². The fraction of sp³-hybridized carbons (Fsp3) is 0.472. The molecule has 9 rings (SSSR count). The van der Waals surface area contributed by atoms with E-state index < -0.39 is 0 Å². The lowest BCUT2D eigenvalue weighted by Crippen LogP contribution is -2.69. The number of carbonyl (C=O) groups excluding carboxylic acids is 1. The molecule has 1 N–H and O–H groups in total. The third-order valence-electron chi connectivity index (χ3n) is 12.1. The van der Waals surface area contributed by atoms with Crippen LogP contribution in [0.5, 0.6) is 17.2 Å². The number of para-hydroxylation sites is 1. The van der Waals surface area contributed by atoms with Crippen molar-refractivity contribution in [3.63, 3.8) is 0 Å². The number of nitrogens with zero attached hydrogens (tertiary/aromatic N) is 2. The minimum atomic E-state index is 0.0695. The van der Waals surface area contributed by atoms with Crippen molar-refractivity contribution < 1.29 is 14.6 Å². The standard InChI is InChI=1S/C36H38N2O3/c39-27-11-8-25-18-32-35-15-14-31-33(36(35,30(25)19-27)16-17-37(32)21-23-6-7-23)26(20-35)22-38(31)34(40)24-9-12-29(13-10-24)41-28-4-2-1-3-5-28/h1-5,8-13,19,23,26,31-33,39H,6-7,14-18,20-22H2/t26-,31?,32?,33?,35?,36?/m1/s1. The summed E-state index contributed by atoms with van der Waals surface area (Å²) >= 11 is 0. The van der Waals surface area contributed by atoms with Gasteiger partial charge >= 0.3 is 0 Å². The van der Waals surface area contributed by atoms with Gasteiger partial charge in [-0.25, -0.2) is 0 Å². The van der Waals surface area contributed by atoms with Gasteiger partial charge < -0.3 is 14.7 Å². The normalized spacial score (nSPS) is 34.7. The third kappa shape index (κ3) is 3.36. The summed E-state index contributed by atoms with van der Waals surface area (Å²) in [5, 5.41) is 10.7. The topological polar surface area (TPSA) is 53.0 Å². The van der Waals surface area contributed by atoms with E-state index in [-0.39, 0.29) is 22.8 Å². The molecule has 1 amide bonds. The molecule has 5 unspecified atom stereocenters. The van der Waals surface area contributed by atoms with Gasteiger partial charge in [-0.2, -0.15) is 0 Å². The second-order valence-electron chi connectivity index (χ2n) is 13.9. The van der Waals surface area contributed by atoms with E-state index in [1.54, 1.807) is 0 Å². The molecule has 6 atom stereocenters. The van der Waals surface area contributed by atoms with Crippen LogP contribution in [0.3, 0.4) is 0 Å². The van der Waals surface area contributed by atoms with Gasteiger partial charge in [0.05, 0.1) is 0 Å². The highest BCUT2D eigenvalue weighted by Gasteiger charge is 2.76. The van der Waals surface area contributed by atoms with E-state index in [1.165, 1.54) is 43.4 Å². The fourth-order valence-corrected chi connectivity index (χ4v) is 10.6. The Morgan fingerprint density at radius 2 is 1.76 bits per heavy atom. The number of amides is 1. The van der Waals surface area contributed by atoms with Crippen molar-refractivity contribution in [3.05, 3.63) is 89.5 Å². The zero-order valence-electron chi connectivity index (χ0n) is 23.5. The maximum Gasteiger partial charge on any atom is 0.254 e. The molecule has 3 aromatic rings. The number of benzene rings is 3. The number of hydrogen-bond acceptors (Lipinski definition) is 4. The molecule has 0 aromatic heterocycles. The molecular formula is C36H38N2O3. The molecular weight excluding hydrogens is 508 g/mol. The molecule has 5 heteroatoms. The van der Waals surface area contributed by atoms with Crippen LogP contribution >= 0.6 is 0 Å². The highest BCUT2D eigenvalue weighted by molar-refractivity contribution is 5.95. The van der Waals surface area contributed by atoms with E-state index in [9.17, 15) is 9.90 Å². The highest BCUT2D eigenvalue weighted by Crippen LogP contribution is 2.75. The molecule has 2 saturated heterocycles. The van der Waals surface area contributed by atoms with Gasteiger partial charge in [-0.15, -0.1) is 0 Å². The van der Waals surface area contributed by atoms with E-state index in [0.29, 0.717) is 23.6 Å². The number of ether oxygens (including phenoxy) is 1. The number of phenols is 1. The number of phenolic OH excluding ortho intramolecular Hbond substituents is 1. The average molecular weight is 547 g/mol. The van der Waals surface area contributed by atoms with Crippen LogP contribution in [0.1, 0.15) is 60.0 Å². The first-order valence-corrected chi connectivity index (χ1v) is 15.8. The summed E-state index contributed by atoms with van der Waals surface area (Å²) < 4.78 is 5.98. The van der Waals surface area contributed by atoms with Crippen LogP contribution in [-0.4, -0.2) is 52.5 Å². The second-order valence-corrected chi connectivity index (χ2v) is 13.9. The van der Waals surface area contributed by atoms with Gasteiger partial charge in [-0.3, -0.25) is 9.69 Å². The van der Waals surface area contributed by atoms with Crippen LogP contribution in [0.15, 0.2) is 72.8 Å². The summed E-state index contributed by atoms with van der Waals surface area (Å²) in [5.74, 6) is 4.01. The smallest absolute Gasteiger partial charge is 0.254 e. The van der Waals surface area contributed by atoms with E-state index in [1.807, 2.05) is 60.7 Å². The van der Waals surface area contributed by atoms with Crippen molar-refractivity contribution in [1.29, 1.82) is 0 Å². The minimum Gasteiger partial charge on any atom is -0.508 e. The molecule has 5 nitrogen and oxygen atoms in total. The number of carbonyl (C=O) groups is 1. The van der Waals surface area contributed by atoms with Crippen LogP contribution in [0.25, 0.3) is 0 Å². The van der Waals surface area contributed by atoms with Crippen molar-refractivity contribution >= 4 is 5.91 Å². The van der Waals surface area contributed by atoms with Crippen molar-refractivity contribution in [2.45, 2.75) is 62.4 Å². The molecule has 3 aromatic carbocycles. The molecule has 41 heavy (non-hydrogen) atoms. The van der Waals surface area contributed by atoms with Gasteiger partial charge in [0.2, 0.25) is 0 Å². The van der Waals surface area contributed by atoms with E-state index >= 15 is 0 Å². The summed E-state index contributed by atoms with van der Waals surface area (Å²) in [4.78, 5) is 19.2.